The molecule has 27 heavy (non-hydrogen) atoms. The number of esters is 1. The largest absolute Gasteiger partial charge is 0.467 e. The van der Waals surface area contributed by atoms with Crippen LogP contribution in [-0.2, 0) is 14.3 Å². The fourth-order valence-corrected chi connectivity index (χ4v) is 4.40. The molecule has 2 N–H and O–H groups in total. The molecule has 1 aliphatic carbocycles. The molecule has 0 spiro atoms. The summed E-state index contributed by atoms with van der Waals surface area (Å²) in [6, 6.07) is 7.87. The molecule has 1 heterocycles. The molecule has 0 aliphatic heterocycles. The molecule has 1 unspecified atom stereocenters. The number of carbonyl (C=O) groups excluding carboxylic acids is 2. The maximum Gasteiger partial charge on any atom is 0.331 e. The van der Waals surface area contributed by atoms with Gasteiger partial charge in [0.25, 0.3) is 0 Å². The molecular formula is C20H27N3O3S. The van der Waals surface area contributed by atoms with Crippen molar-refractivity contribution in [3.8, 4) is 0 Å². The Morgan fingerprint density at radius 1 is 1.26 bits per heavy atom. The topological polar surface area (TPSA) is 84.1 Å². The van der Waals surface area contributed by atoms with Crippen LogP contribution >= 0.6 is 11.8 Å². The van der Waals surface area contributed by atoms with Crippen molar-refractivity contribution in [2.75, 3.05) is 12.9 Å². The molecule has 1 aromatic carbocycles. The summed E-state index contributed by atoms with van der Waals surface area (Å²) in [7, 11) is 1.39. The number of hydrogen-bond acceptors (Lipinski definition) is 5. The van der Waals surface area contributed by atoms with Crippen LogP contribution in [0.25, 0.3) is 11.0 Å². The number of hydrogen-bond donors (Lipinski definition) is 2. The third-order valence-electron chi connectivity index (χ3n) is 5.17. The van der Waals surface area contributed by atoms with E-state index < -0.39 is 5.54 Å². The molecule has 1 fully saturated rings. The Hall–Kier alpha value is -2.02. The van der Waals surface area contributed by atoms with Gasteiger partial charge in [0, 0.05) is 0 Å². The van der Waals surface area contributed by atoms with E-state index in [1.165, 1.54) is 18.9 Å². The smallest absolute Gasteiger partial charge is 0.331 e. The molecule has 1 atom stereocenters. The van der Waals surface area contributed by atoms with Crippen LogP contribution in [0.2, 0.25) is 0 Å². The van der Waals surface area contributed by atoms with Gasteiger partial charge in [-0.15, -0.1) is 11.8 Å². The minimum Gasteiger partial charge on any atom is -0.467 e. The predicted molar refractivity (Wildman–Crippen MR) is 108 cm³/mol. The second kappa shape index (κ2) is 8.78. The Labute approximate surface area is 163 Å². The first-order chi connectivity index (χ1) is 13.0. The van der Waals surface area contributed by atoms with Gasteiger partial charge in [-0.1, -0.05) is 37.8 Å². The van der Waals surface area contributed by atoms with Crippen LogP contribution in [0.1, 0.15) is 56.5 Å². The normalized spacial score (nSPS) is 17.9. The van der Waals surface area contributed by atoms with Crippen LogP contribution in [0.15, 0.2) is 24.3 Å². The highest BCUT2D eigenvalue weighted by Crippen LogP contribution is 2.30. The Bertz CT molecular complexity index is 764. The van der Waals surface area contributed by atoms with Crippen molar-refractivity contribution in [1.29, 1.82) is 0 Å². The number of carbonyl (C=O) groups is 2. The number of benzene rings is 1. The van der Waals surface area contributed by atoms with E-state index in [2.05, 4.69) is 15.3 Å². The highest BCUT2D eigenvalue weighted by atomic mass is 32.2. The third-order valence-corrected chi connectivity index (χ3v) is 6.32. The summed E-state index contributed by atoms with van der Waals surface area (Å²) in [4.78, 5) is 32.9. The number of nitrogens with zero attached hydrogens (tertiary/aromatic N) is 1. The van der Waals surface area contributed by atoms with Gasteiger partial charge in [0.1, 0.15) is 11.4 Å². The van der Waals surface area contributed by atoms with E-state index >= 15 is 0 Å². The molecule has 0 saturated heterocycles. The number of aromatic amines is 1. The minimum atomic E-state index is -0.870. The van der Waals surface area contributed by atoms with E-state index in [0.717, 1.165) is 42.5 Å². The summed E-state index contributed by atoms with van der Waals surface area (Å²) in [6.45, 7) is 2.03. The van der Waals surface area contributed by atoms with Crippen molar-refractivity contribution in [3.05, 3.63) is 30.1 Å². The molecule has 0 bridgehead atoms. The van der Waals surface area contributed by atoms with Crippen LogP contribution in [-0.4, -0.2) is 40.2 Å². The van der Waals surface area contributed by atoms with Crippen molar-refractivity contribution >= 4 is 34.7 Å². The molecule has 1 saturated carbocycles. The predicted octanol–water partition coefficient (Wildman–Crippen LogP) is 3.74. The zero-order chi connectivity index (χ0) is 19.3. The van der Waals surface area contributed by atoms with Crippen molar-refractivity contribution in [3.63, 3.8) is 0 Å². The highest BCUT2D eigenvalue weighted by molar-refractivity contribution is 8.00. The number of amides is 1. The molecular weight excluding hydrogens is 362 g/mol. The molecule has 0 radical (unpaired) electrons. The Morgan fingerprint density at radius 2 is 1.96 bits per heavy atom. The Kier molecular flexibility index (Phi) is 6.42. The van der Waals surface area contributed by atoms with E-state index in [0.29, 0.717) is 12.8 Å². The maximum atomic E-state index is 12.6. The lowest BCUT2D eigenvalue weighted by Crippen LogP contribution is -2.55. The summed E-state index contributed by atoms with van der Waals surface area (Å²) in [6.07, 6.45) is 5.33. The Balaban J connectivity index is 1.61. The van der Waals surface area contributed by atoms with Crippen LogP contribution < -0.4 is 5.32 Å². The SMILES string of the molecule is COC(=O)C1(NC(=O)CSC(C)c2nc3ccccc3[nH]2)CCCCCC1. The lowest BCUT2D eigenvalue weighted by Gasteiger charge is -2.31. The molecule has 1 aliphatic rings. The number of para-hydroxylation sites is 2. The number of nitrogens with one attached hydrogen (secondary N) is 2. The van der Waals surface area contributed by atoms with Gasteiger partial charge in [0.2, 0.25) is 5.91 Å². The van der Waals surface area contributed by atoms with Gasteiger partial charge in [-0.3, -0.25) is 4.79 Å². The third kappa shape index (κ3) is 4.64. The Morgan fingerprint density at radius 3 is 2.63 bits per heavy atom. The lowest BCUT2D eigenvalue weighted by molar-refractivity contribution is -0.151. The van der Waals surface area contributed by atoms with Gasteiger partial charge < -0.3 is 15.0 Å². The van der Waals surface area contributed by atoms with Crippen LogP contribution in [0.4, 0.5) is 0 Å². The lowest BCUT2D eigenvalue weighted by atomic mass is 9.90. The number of fused-ring (bicyclic) bond motifs is 1. The minimum absolute atomic E-state index is 0.0476. The van der Waals surface area contributed by atoms with Crippen LogP contribution in [0, 0.1) is 0 Å². The van der Waals surface area contributed by atoms with E-state index in [1.807, 2.05) is 31.2 Å². The van der Waals surface area contributed by atoms with Crippen molar-refractivity contribution in [1.82, 2.24) is 15.3 Å². The van der Waals surface area contributed by atoms with E-state index in [4.69, 9.17) is 4.74 Å². The summed E-state index contributed by atoms with van der Waals surface area (Å²) in [5.74, 6) is 0.672. The van der Waals surface area contributed by atoms with Gasteiger partial charge in [-0.05, 0) is 31.9 Å². The number of methoxy groups -OCH3 is 1. The number of thioether (sulfide) groups is 1. The highest BCUT2D eigenvalue weighted by Gasteiger charge is 2.41. The zero-order valence-corrected chi connectivity index (χ0v) is 16.7. The summed E-state index contributed by atoms with van der Waals surface area (Å²) in [5.41, 5.74) is 1.05. The monoisotopic (exact) mass is 389 g/mol. The van der Waals surface area contributed by atoms with E-state index in [1.54, 1.807) is 0 Å². The second-order valence-corrected chi connectivity index (χ2v) is 8.46. The molecule has 3 rings (SSSR count). The molecule has 2 aromatic rings. The van der Waals surface area contributed by atoms with Crippen molar-refractivity contribution < 1.29 is 14.3 Å². The van der Waals surface area contributed by atoms with Gasteiger partial charge in [0.05, 0.1) is 29.1 Å². The van der Waals surface area contributed by atoms with Gasteiger partial charge >= 0.3 is 5.97 Å². The number of imidazole rings is 1. The second-order valence-electron chi connectivity index (χ2n) is 7.13. The average Bonchev–Trinajstić information content (AvgIpc) is 2.98. The number of rotatable bonds is 6. The molecule has 7 heteroatoms. The maximum absolute atomic E-state index is 12.6. The fraction of sp³-hybridized carbons (Fsp3) is 0.550. The van der Waals surface area contributed by atoms with Crippen molar-refractivity contribution in [2.45, 2.75) is 56.2 Å². The first-order valence-electron chi connectivity index (χ1n) is 9.50. The quantitative estimate of drug-likeness (QED) is 0.581. The molecule has 1 aromatic heterocycles. The van der Waals surface area contributed by atoms with Gasteiger partial charge in [0.15, 0.2) is 0 Å². The van der Waals surface area contributed by atoms with Crippen LogP contribution in [0.3, 0.4) is 0 Å². The number of ether oxygens (including phenoxy) is 1. The molecule has 1 amide bonds. The van der Waals surface area contributed by atoms with Gasteiger partial charge in [-0.25, -0.2) is 9.78 Å². The van der Waals surface area contributed by atoms with Gasteiger partial charge in [-0.2, -0.15) is 0 Å². The summed E-state index contributed by atoms with van der Waals surface area (Å²) in [5, 5.41) is 3.04. The average molecular weight is 390 g/mol. The fourth-order valence-electron chi connectivity index (χ4n) is 3.66. The molecule has 6 nitrogen and oxygen atoms in total. The molecule has 146 valence electrons. The first kappa shape index (κ1) is 19.7. The van der Waals surface area contributed by atoms with Crippen LogP contribution in [0.5, 0.6) is 0 Å². The van der Waals surface area contributed by atoms with Crippen molar-refractivity contribution in [2.24, 2.45) is 0 Å². The summed E-state index contributed by atoms with van der Waals surface area (Å²) >= 11 is 1.51. The zero-order valence-electron chi connectivity index (χ0n) is 15.9. The van der Waals surface area contributed by atoms with E-state index in [-0.39, 0.29) is 22.9 Å². The van der Waals surface area contributed by atoms with E-state index in [9.17, 15) is 9.59 Å². The first-order valence-corrected chi connectivity index (χ1v) is 10.5. The standard InChI is InChI=1S/C20H27N3O3S/c1-14(18-21-15-9-5-6-10-16(15)22-18)27-13-17(24)23-20(19(25)26-2)11-7-3-4-8-12-20/h5-6,9-10,14H,3-4,7-8,11-13H2,1-2H3,(H,21,22)(H,23,24). The summed E-state index contributed by atoms with van der Waals surface area (Å²) < 4.78 is 5.00. The number of aromatic nitrogens is 2. The number of H-pyrrole nitrogens is 1.